The lowest BCUT2D eigenvalue weighted by atomic mass is 10.1. The molecule has 3 heteroatoms. The highest BCUT2D eigenvalue weighted by atomic mass is 16.4. The second-order valence-corrected chi connectivity index (χ2v) is 5.44. The first-order chi connectivity index (χ1) is 11.8. The summed E-state index contributed by atoms with van der Waals surface area (Å²) in [4.78, 5) is 14.6. The summed E-state index contributed by atoms with van der Waals surface area (Å²) in [5.41, 5.74) is 2.71. The number of benzene rings is 2. The van der Waals surface area contributed by atoms with Crippen LogP contribution >= 0.6 is 0 Å². The Hall–Kier alpha value is -3.07. The first kappa shape index (κ1) is 15.8. The molecule has 0 aliphatic rings. The fraction of sp³-hybridized carbons (Fsp3) is 0.0952. The zero-order valence-corrected chi connectivity index (χ0v) is 13.4. The van der Waals surface area contributed by atoms with E-state index in [1.807, 2.05) is 60.7 Å². The number of nitrogens with zero attached hydrogens (tertiary/aromatic N) is 1. The predicted octanol–water partition coefficient (Wildman–Crippen LogP) is 4.85. The van der Waals surface area contributed by atoms with Gasteiger partial charge in [-0.2, -0.15) is 0 Å². The lowest BCUT2D eigenvalue weighted by Gasteiger charge is -2.26. The molecule has 0 N–H and O–H groups in total. The molecule has 2 aromatic carbocycles. The second kappa shape index (κ2) is 7.01. The number of allylic oxidation sites excluding steroid dienone is 1. The van der Waals surface area contributed by atoms with Gasteiger partial charge in [0.1, 0.15) is 5.58 Å². The summed E-state index contributed by atoms with van der Waals surface area (Å²) in [5.74, 6) is 0. The van der Waals surface area contributed by atoms with Gasteiger partial charge in [-0.15, -0.1) is 13.2 Å². The minimum absolute atomic E-state index is 0.325. The van der Waals surface area contributed by atoms with Crippen molar-refractivity contribution in [2.45, 2.75) is 6.42 Å². The molecule has 24 heavy (non-hydrogen) atoms. The summed E-state index contributed by atoms with van der Waals surface area (Å²) >= 11 is 0. The Bertz CT molecular complexity index is 925. The predicted molar refractivity (Wildman–Crippen MR) is 100 cm³/mol. The van der Waals surface area contributed by atoms with E-state index in [4.69, 9.17) is 4.42 Å². The number of rotatable bonds is 6. The van der Waals surface area contributed by atoms with Gasteiger partial charge in [0, 0.05) is 17.6 Å². The Labute approximate surface area is 141 Å². The molecule has 0 aliphatic carbocycles. The molecule has 3 aromatic rings. The Kier molecular flexibility index (Phi) is 4.62. The van der Waals surface area contributed by atoms with Crippen LogP contribution in [0, 0.1) is 0 Å². The zero-order valence-electron chi connectivity index (χ0n) is 13.4. The maximum Gasteiger partial charge on any atom is 0.341 e. The average molecular weight is 317 g/mol. The average Bonchev–Trinajstić information content (AvgIpc) is 2.62. The Morgan fingerprint density at radius 3 is 2.38 bits per heavy atom. The van der Waals surface area contributed by atoms with E-state index in [0.29, 0.717) is 24.1 Å². The second-order valence-electron chi connectivity index (χ2n) is 5.44. The van der Waals surface area contributed by atoms with Crippen LogP contribution in [-0.4, -0.2) is 6.54 Å². The molecule has 0 saturated heterocycles. The summed E-state index contributed by atoms with van der Waals surface area (Å²) in [5, 5.41) is 0.902. The summed E-state index contributed by atoms with van der Waals surface area (Å²) in [6.07, 6.45) is 4.00. The molecule has 3 nitrogen and oxygen atoms in total. The molecular formula is C21H19NO2. The zero-order chi connectivity index (χ0) is 16.9. The first-order valence-corrected chi connectivity index (χ1v) is 7.85. The van der Waals surface area contributed by atoms with E-state index >= 15 is 0 Å². The molecule has 0 fully saturated rings. The normalized spacial score (nSPS) is 10.5. The molecule has 0 saturated carbocycles. The minimum atomic E-state index is -0.325. The summed E-state index contributed by atoms with van der Waals surface area (Å²) in [7, 11) is 0. The molecule has 0 spiro atoms. The Morgan fingerprint density at radius 1 is 0.958 bits per heavy atom. The van der Waals surface area contributed by atoms with Crippen LogP contribution in [0.5, 0.6) is 0 Å². The third kappa shape index (κ3) is 2.88. The van der Waals surface area contributed by atoms with E-state index in [-0.39, 0.29) is 5.63 Å². The van der Waals surface area contributed by atoms with Crippen LogP contribution in [0.4, 0.5) is 11.4 Å². The van der Waals surface area contributed by atoms with Crippen LogP contribution in [0.3, 0.4) is 0 Å². The van der Waals surface area contributed by atoms with Gasteiger partial charge in [-0.1, -0.05) is 42.5 Å². The van der Waals surface area contributed by atoms with Crippen molar-refractivity contribution in [3.05, 3.63) is 95.9 Å². The van der Waals surface area contributed by atoms with Crippen molar-refractivity contribution in [3.63, 3.8) is 0 Å². The molecule has 0 atom stereocenters. The van der Waals surface area contributed by atoms with Gasteiger partial charge in [0.2, 0.25) is 0 Å². The monoisotopic (exact) mass is 317 g/mol. The highest BCUT2D eigenvalue weighted by Crippen LogP contribution is 2.34. The van der Waals surface area contributed by atoms with Crippen molar-refractivity contribution in [2.75, 3.05) is 11.4 Å². The lowest BCUT2D eigenvalue weighted by molar-refractivity contribution is 0.553. The SMILES string of the molecule is C=CCc1c(N(CC=C)c2ccccc2)c2ccccc2oc1=O. The van der Waals surface area contributed by atoms with Crippen LogP contribution in [-0.2, 0) is 6.42 Å². The van der Waals surface area contributed by atoms with Gasteiger partial charge < -0.3 is 9.32 Å². The van der Waals surface area contributed by atoms with Crippen LogP contribution in [0.15, 0.2) is 89.1 Å². The highest BCUT2D eigenvalue weighted by Gasteiger charge is 2.19. The summed E-state index contributed by atoms with van der Waals surface area (Å²) in [6, 6.07) is 17.6. The standard InChI is InChI=1S/C21H19NO2/c1-3-10-18-20(17-13-8-9-14-19(17)24-21(18)23)22(15-4-2)16-11-6-5-7-12-16/h3-9,11-14H,1-2,10,15H2. The van der Waals surface area contributed by atoms with E-state index in [9.17, 15) is 4.79 Å². The van der Waals surface area contributed by atoms with Crippen molar-refractivity contribution in [2.24, 2.45) is 0 Å². The van der Waals surface area contributed by atoms with Crippen LogP contribution in [0.25, 0.3) is 11.0 Å². The van der Waals surface area contributed by atoms with Gasteiger partial charge in [0.05, 0.1) is 11.3 Å². The van der Waals surface area contributed by atoms with E-state index in [1.54, 1.807) is 6.08 Å². The van der Waals surface area contributed by atoms with Crippen molar-refractivity contribution in [1.82, 2.24) is 0 Å². The van der Waals surface area contributed by atoms with E-state index < -0.39 is 0 Å². The van der Waals surface area contributed by atoms with Gasteiger partial charge in [0.15, 0.2) is 0 Å². The molecular weight excluding hydrogens is 298 g/mol. The number of fused-ring (bicyclic) bond motifs is 1. The maximum absolute atomic E-state index is 12.5. The van der Waals surface area contributed by atoms with E-state index in [1.165, 1.54) is 0 Å². The molecule has 1 heterocycles. The number of hydrogen-bond donors (Lipinski definition) is 0. The van der Waals surface area contributed by atoms with Crippen molar-refractivity contribution in [3.8, 4) is 0 Å². The van der Waals surface area contributed by atoms with Crippen LogP contribution < -0.4 is 10.5 Å². The van der Waals surface area contributed by atoms with Gasteiger partial charge >= 0.3 is 5.63 Å². The quantitative estimate of drug-likeness (QED) is 0.481. The van der Waals surface area contributed by atoms with E-state index in [2.05, 4.69) is 18.1 Å². The van der Waals surface area contributed by atoms with Crippen molar-refractivity contribution >= 4 is 22.3 Å². The number of anilines is 2. The molecule has 0 unspecified atom stereocenters. The molecule has 0 amide bonds. The maximum atomic E-state index is 12.5. The smallest absolute Gasteiger partial charge is 0.341 e. The number of para-hydroxylation sites is 2. The van der Waals surface area contributed by atoms with Crippen molar-refractivity contribution in [1.29, 1.82) is 0 Å². The first-order valence-electron chi connectivity index (χ1n) is 7.85. The Balaban J connectivity index is 2.35. The molecule has 3 rings (SSSR count). The van der Waals surface area contributed by atoms with Gasteiger partial charge in [-0.25, -0.2) is 4.79 Å². The Morgan fingerprint density at radius 2 is 1.67 bits per heavy atom. The topological polar surface area (TPSA) is 33.5 Å². The third-order valence-corrected chi connectivity index (χ3v) is 3.88. The van der Waals surface area contributed by atoms with Gasteiger partial charge in [-0.3, -0.25) is 0 Å². The summed E-state index contributed by atoms with van der Waals surface area (Å²) < 4.78 is 5.49. The van der Waals surface area contributed by atoms with Gasteiger partial charge in [-0.05, 0) is 30.7 Å². The number of hydrogen-bond acceptors (Lipinski definition) is 3. The van der Waals surface area contributed by atoms with E-state index in [0.717, 1.165) is 16.8 Å². The minimum Gasteiger partial charge on any atom is -0.422 e. The largest absolute Gasteiger partial charge is 0.422 e. The third-order valence-electron chi connectivity index (χ3n) is 3.88. The van der Waals surface area contributed by atoms with Crippen LogP contribution in [0.2, 0.25) is 0 Å². The molecule has 0 radical (unpaired) electrons. The van der Waals surface area contributed by atoms with Gasteiger partial charge in [0.25, 0.3) is 0 Å². The molecule has 120 valence electrons. The van der Waals surface area contributed by atoms with Crippen LogP contribution in [0.1, 0.15) is 5.56 Å². The summed E-state index contributed by atoms with van der Waals surface area (Å²) in [6.45, 7) is 8.23. The van der Waals surface area contributed by atoms with Crippen molar-refractivity contribution < 1.29 is 4.42 Å². The highest BCUT2D eigenvalue weighted by molar-refractivity contribution is 5.94. The fourth-order valence-electron chi connectivity index (χ4n) is 2.87. The molecule has 0 aliphatic heterocycles. The fourth-order valence-corrected chi connectivity index (χ4v) is 2.87. The lowest BCUT2D eigenvalue weighted by Crippen LogP contribution is -2.22. The molecule has 1 aromatic heterocycles. The molecule has 0 bridgehead atoms.